The van der Waals surface area contributed by atoms with E-state index in [9.17, 15) is 4.79 Å². The van der Waals surface area contributed by atoms with E-state index in [1.807, 2.05) is 25.7 Å². The fourth-order valence-corrected chi connectivity index (χ4v) is 6.37. The standard InChI is InChI=1S/C14H16ClNOSi/c1-12(17)16(2)11-18(15,13-7-3-4-8-13)14-9-5-6-10-14/h3-10H,11H2,1-2H3. The summed E-state index contributed by atoms with van der Waals surface area (Å²) >= 11 is 6.96. The number of hydrogen-bond donors (Lipinski definition) is 0. The van der Waals surface area contributed by atoms with Crippen LogP contribution in [0.2, 0.25) is 0 Å². The molecule has 0 aromatic carbocycles. The average Bonchev–Trinajstić information content (AvgIpc) is 3.02. The van der Waals surface area contributed by atoms with E-state index in [0.29, 0.717) is 6.17 Å². The number of rotatable bonds is 4. The first-order valence-corrected chi connectivity index (χ1v) is 9.11. The van der Waals surface area contributed by atoms with Gasteiger partial charge in [-0.05, 0) is 62.4 Å². The van der Waals surface area contributed by atoms with E-state index < -0.39 is 7.38 Å². The lowest BCUT2D eigenvalue weighted by molar-refractivity contribution is -0.126. The van der Waals surface area contributed by atoms with Gasteiger partial charge in [-0.15, -0.1) is 0 Å². The Morgan fingerprint density at radius 3 is 1.83 bits per heavy atom. The molecule has 2 saturated carbocycles. The van der Waals surface area contributed by atoms with Crippen molar-refractivity contribution < 1.29 is 4.79 Å². The first-order chi connectivity index (χ1) is 8.54. The predicted molar refractivity (Wildman–Crippen MR) is 75.8 cm³/mol. The maximum absolute atomic E-state index is 11.5. The molecule has 18 heavy (non-hydrogen) atoms. The lowest BCUT2D eigenvalue weighted by Gasteiger charge is -2.37. The van der Waals surface area contributed by atoms with Crippen LogP contribution < -0.4 is 0 Å². The largest absolute Gasteiger partial charge is 0.347 e. The van der Waals surface area contributed by atoms with Gasteiger partial charge in [-0.3, -0.25) is 4.79 Å². The summed E-state index contributed by atoms with van der Waals surface area (Å²) in [6.07, 6.45) is 16.8. The van der Waals surface area contributed by atoms with Crippen LogP contribution in [0.4, 0.5) is 0 Å². The molecular weight excluding hydrogens is 262 g/mol. The highest BCUT2D eigenvalue weighted by molar-refractivity contribution is 7.27. The minimum atomic E-state index is -2.35. The SMILES string of the molecule is CC(=O)N(C)C[Si](Cl)([C]1[CH][CH][CH][CH]1)[C]1[CH][CH][CH][CH]1. The second kappa shape index (κ2) is 5.95. The van der Waals surface area contributed by atoms with Crippen molar-refractivity contribution in [2.24, 2.45) is 0 Å². The lowest BCUT2D eigenvalue weighted by Crippen LogP contribution is -2.52. The third kappa shape index (κ3) is 2.93. The summed E-state index contributed by atoms with van der Waals surface area (Å²) in [6.45, 7) is 1.57. The summed E-state index contributed by atoms with van der Waals surface area (Å²) in [4.78, 5) is 13.2. The molecule has 2 aliphatic carbocycles. The second-order valence-electron chi connectivity index (χ2n) is 4.52. The molecule has 94 valence electrons. The normalized spacial score (nSPS) is 22.6. The van der Waals surface area contributed by atoms with Crippen molar-refractivity contribution in [1.82, 2.24) is 4.90 Å². The Morgan fingerprint density at radius 2 is 1.50 bits per heavy atom. The van der Waals surface area contributed by atoms with E-state index >= 15 is 0 Å². The fraction of sp³-hybridized carbons (Fsp3) is 0.214. The molecule has 0 unspecified atom stereocenters. The minimum Gasteiger partial charge on any atom is -0.347 e. The summed E-state index contributed by atoms with van der Waals surface area (Å²) in [5.41, 5.74) is 2.31. The zero-order chi connectivity index (χ0) is 13.2. The van der Waals surface area contributed by atoms with Crippen molar-refractivity contribution in [3.8, 4) is 0 Å². The van der Waals surface area contributed by atoms with Crippen molar-refractivity contribution in [2.75, 3.05) is 13.2 Å². The predicted octanol–water partition coefficient (Wildman–Crippen LogP) is 2.08. The Balaban J connectivity index is 2.12. The highest BCUT2D eigenvalue weighted by Gasteiger charge is 2.50. The third-order valence-corrected chi connectivity index (χ3v) is 8.31. The second-order valence-corrected chi connectivity index (χ2v) is 9.53. The van der Waals surface area contributed by atoms with Gasteiger partial charge >= 0.3 is 0 Å². The minimum absolute atomic E-state index is 0.0469. The van der Waals surface area contributed by atoms with Gasteiger partial charge in [-0.25, -0.2) is 0 Å². The maximum atomic E-state index is 11.5. The van der Waals surface area contributed by atoms with E-state index in [4.69, 9.17) is 11.1 Å². The van der Waals surface area contributed by atoms with Crippen molar-refractivity contribution in [3.63, 3.8) is 0 Å². The van der Waals surface area contributed by atoms with Crippen LogP contribution in [0.25, 0.3) is 0 Å². The topological polar surface area (TPSA) is 20.3 Å². The molecule has 2 fully saturated rings. The third-order valence-electron chi connectivity index (χ3n) is 3.23. The average molecular weight is 278 g/mol. The van der Waals surface area contributed by atoms with Crippen molar-refractivity contribution in [2.45, 2.75) is 6.92 Å². The molecule has 2 nitrogen and oxygen atoms in total. The van der Waals surface area contributed by atoms with Gasteiger partial charge in [0, 0.05) is 20.1 Å². The lowest BCUT2D eigenvalue weighted by atomic mass is 10.3. The highest BCUT2D eigenvalue weighted by atomic mass is 35.6. The molecule has 10 radical (unpaired) electrons. The Kier molecular flexibility index (Phi) is 4.76. The molecule has 0 aromatic rings. The molecule has 4 heteroatoms. The summed E-state index contributed by atoms with van der Waals surface area (Å²) in [7, 11) is -0.542. The summed E-state index contributed by atoms with van der Waals surface area (Å²) in [5.74, 6) is 0.0469. The Labute approximate surface area is 117 Å². The van der Waals surface area contributed by atoms with Crippen LogP contribution in [0, 0.1) is 62.4 Å². The van der Waals surface area contributed by atoms with Crippen LogP contribution in [0.15, 0.2) is 0 Å². The Hall–Kier alpha value is -0.0231. The maximum Gasteiger partial charge on any atom is 0.218 e. The molecule has 0 spiro atoms. The van der Waals surface area contributed by atoms with Gasteiger partial charge in [0.15, 0.2) is 7.38 Å². The van der Waals surface area contributed by atoms with Gasteiger partial charge in [-0.2, -0.15) is 11.1 Å². The number of amides is 1. The molecule has 2 rings (SSSR count). The molecule has 0 heterocycles. The first-order valence-electron chi connectivity index (χ1n) is 5.89. The Bertz CT molecular complexity index is 282. The summed E-state index contributed by atoms with van der Waals surface area (Å²) in [6, 6.07) is 0. The van der Waals surface area contributed by atoms with Crippen LogP contribution in [-0.2, 0) is 4.79 Å². The smallest absolute Gasteiger partial charge is 0.218 e. The van der Waals surface area contributed by atoms with Gasteiger partial charge in [0.2, 0.25) is 5.91 Å². The molecule has 0 aliphatic heterocycles. The van der Waals surface area contributed by atoms with Gasteiger partial charge in [0.05, 0.1) is 0 Å². The zero-order valence-corrected chi connectivity index (χ0v) is 12.3. The number of carbonyl (C=O) groups excluding carboxylic acids is 1. The fourth-order valence-electron chi connectivity index (χ4n) is 2.06. The van der Waals surface area contributed by atoms with Crippen molar-refractivity contribution in [3.05, 3.63) is 62.4 Å². The molecule has 0 saturated heterocycles. The van der Waals surface area contributed by atoms with E-state index in [1.54, 1.807) is 18.9 Å². The molecule has 0 aromatic heterocycles. The molecular formula is C14H16ClNOSi. The van der Waals surface area contributed by atoms with Gasteiger partial charge in [-0.1, -0.05) is 0 Å². The number of halogens is 1. The number of hydrogen-bond acceptors (Lipinski definition) is 1. The quantitative estimate of drug-likeness (QED) is 0.569. The molecule has 0 bridgehead atoms. The number of nitrogens with zero attached hydrogens (tertiary/aromatic N) is 1. The molecule has 0 N–H and O–H groups in total. The zero-order valence-electron chi connectivity index (χ0n) is 10.6. The van der Waals surface area contributed by atoms with Gasteiger partial charge in [0.1, 0.15) is 0 Å². The molecule has 2 aliphatic rings. The summed E-state index contributed by atoms with van der Waals surface area (Å²) in [5, 5.41) is 0. The van der Waals surface area contributed by atoms with Crippen molar-refractivity contribution in [1.29, 1.82) is 0 Å². The van der Waals surface area contributed by atoms with Crippen LogP contribution in [-0.4, -0.2) is 31.4 Å². The van der Waals surface area contributed by atoms with E-state index in [0.717, 1.165) is 11.1 Å². The summed E-state index contributed by atoms with van der Waals surface area (Å²) < 4.78 is 0. The van der Waals surface area contributed by atoms with E-state index in [-0.39, 0.29) is 5.91 Å². The van der Waals surface area contributed by atoms with E-state index in [2.05, 4.69) is 25.7 Å². The first kappa shape index (κ1) is 14.4. The Morgan fingerprint density at radius 1 is 1.11 bits per heavy atom. The van der Waals surface area contributed by atoms with Gasteiger partial charge < -0.3 is 4.90 Å². The van der Waals surface area contributed by atoms with Gasteiger partial charge in [0.25, 0.3) is 0 Å². The molecule has 0 atom stereocenters. The van der Waals surface area contributed by atoms with E-state index in [1.165, 1.54) is 0 Å². The molecule has 1 amide bonds. The van der Waals surface area contributed by atoms with Crippen LogP contribution in [0.1, 0.15) is 6.92 Å². The van der Waals surface area contributed by atoms with Crippen molar-refractivity contribution >= 4 is 24.4 Å². The monoisotopic (exact) mass is 277 g/mol. The van der Waals surface area contributed by atoms with Crippen LogP contribution >= 0.6 is 11.1 Å². The highest BCUT2D eigenvalue weighted by Crippen LogP contribution is 2.45. The van der Waals surface area contributed by atoms with Crippen LogP contribution in [0.5, 0.6) is 0 Å². The van der Waals surface area contributed by atoms with Crippen LogP contribution in [0.3, 0.4) is 0 Å². The number of carbonyl (C=O) groups is 1.